The average Bonchev–Trinajstić information content (AvgIpc) is 2.89. The van der Waals surface area contributed by atoms with Gasteiger partial charge in [0.15, 0.2) is 0 Å². The SMILES string of the molecule is Nc1ccc2cccc(OCC3CCCO3)c2n1. The summed E-state index contributed by atoms with van der Waals surface area (Å²) in [7, 11) is 0. The number of ether oxygens (including phenoxy) is 2. The second-order valence-electron chi connectivity index (χ2n) is 4.51. The molecule has 2 aromatic rings. The minimum absolute atomic E-state index is 0.210. The molecule has 1 saturated heterocycles. The summed E-state index contributed by atoms with van der Waals surface area (Å²) in [6.07, 6.45) is 2.40. The van der Waals surface area contributed by atoms with Gasteiger partial charge < -0.3 is 15.2 Å². The van der Waals surface area contributed by atoms with E-state index >= 15 is 0 Å². The molecule has 0 amide bonds. The van der Waals surface area contributed by atoms with Gasteiger partial charge in [0.05, 0.1) is 6.10 Å². The topological polar surface area (TPSA) is 57.4 Å². The van der Waals surface area contributed by atoms with Crippen LogP contribution in [0.15, 0.2) is 30.3 Å². The number of anilines is 1. The monoisotopic (exact) mass is 244 g/mol. The average molecular weight is 244 g/mol. The van der Waals surface area contributed by atoms with E-state index in [2.05, 4.69) is 4.98 Å². The molecule has 94 valence electrons. The van der Waals surface area contributed by atoms with Crippen LogP contribution in [-0.4, -0.2) is 24.3 Å². The predicted octanol–water partition coefficient (Wildman–Crippen LogP) is 2.37. The van der Waals surface area contributed by atoms with Crippen LogP contribution < -0.4 is 10.5 Å². The van der Waals surface area contributed by atoms with Gasteiger partial charge in [-0.05, 0) is 31.0 Å². The summed E-state index contributed by atoms with van der Waals surface area (Å²) in [6.45, 7) is 1.42. The number of aromatic nitrogens is 1. The zero-order valence-corrected chi connectivity index (χ0v) is 10.1. The normalized spacial score (nSPS) is 19.2. The lowest BCUT2D eigenvalue weighted by atomic mass is 10.2. The lowest BCUT2D eigenvalue weighted by Crippen LogP contribution is -2.16. The van der Waals surface area contributed by atoms with E-state index in [0.717, 1.165) is 36.1 Å². The zero-order valence-electron chi connectivity index (χ0n) is 10.1. The number of nitrogen functional groups attached to an aromatic ring is 1. The van der Waals surface area contributed by atoms with Crippen molar-refractivity contribution in [1.82, 2.24) is 4.98 Å². The lowest BCUT2D eigenvalue weighted by molar-refractivity contribution is 0.0684. The van der Waals surface area contributed by atoms with Crippen LogP contribution in [0.25, 0.3) is 10.9 Å². The molecule has 1 atom stereocenters. The Hall–Kier alpha value is -1.81. The summed E-state index contributed by atoms with van der Waals surface area (Å²) in [6, 6.07) is 9.64. The highest BCUT2D eigenvalue weighted by molar-refractivity contribution is 5.85. The first-order chi connectivity index (χ1) is 8.83. The second-order valence-corrected chi connectivity index (χ2v) is 4.51. The smallest absolute Gasteiger partial charge is 0.145 e. The maximum Gasteiger partial charge on any atom is 0.145 e. The molecule has 0 saturated carbocycles. The maximum atomic E-state index is 5.82. The van der Waals surface area contributed by atoms with Gasteiger partial charge in [0.25, 0.3) is 0 Å². The Bertz CT molecular complexity index is 550. The van der Waals surface area contributed by atoms with Crippen LogP contribution in [0.4, 0.5) is 5.82 Å². The van der Waals surface area contributed by atoms with Crippen LogP contribution in [0.1, 0.15) is 12.8 Å². The first-order valence-corrected chi connectivity index (χ1v) is 6.22. The largest absolute Gasteiger partial charge is 0.489 e. The molecular formula is C14H16N2O2. The third kappa shape index (κ3) is 2.24. The third-order valence-corrected chi connectivity index (χ3v) is 3.15. The maximum absolute atomic E-state index is 5.82. The van der Waals surface area contributed by atoms with Crippen LogP contribution in [0.5, 0.6) is 5.75 Å². The molecule has 0 bridgehead atoms. The number of benzene rings is 1. The molecular weight excluding hydrogens is 228 g/mol. The molecule has 18 heavy (non-hydrogen) atoms. The van der Waals surface area contributed by atoms with Gasteiger partial charge in [-0.25, -0.2) is 4.98 Å². The first kappa shape index (κ1) is 11.3. The van der Waals surface area contributed by atoms with E-state index in [0.29, 0.717) is 12.4 Å². The van der Waals surface area contributed by atoms with Crippen LogP contribution in [0.2, 0.25) is 0 Å². The van der Waals surface area contributed by atoms with Crippen molar-refractivity contribution in [3.05, 3.63) is 30.3 Å². The summed E-state index contributed by atoms with van der Waals surface area (Å²) in [5, 5.41) is 1.04. The molecule has 1 fully saturated rings. The number of rotatable bonds is 3. The van der Waals surface area contributed by atoms with Gasteiger partial charge in [-0.2, -0.15) is 0 Å². The van der Waals surface area contributed by atoms with Crippen molar-refractivity contribution >= 4 is 16.7 Å². The molecule has 0 spiro atoms. The van der Waals surface area contributed by atoms with Crippen molar-refractivity contribution in [3.8, 4) is 5.75 Å². The Balaban J connectivity index is 1.84. The fourth-order valence-corrected chi connectivity index (χ4v) is 2.21. The van der Waals surface area contributed by atoms with Gasteiger partial charge in [-0.15, -0.1) is 0 Å². The highest BCUT2D eigenvalue weighted by atomic mass is 16.5. The van der Waals surface area contributed by atoms with Crippen molar-refractivity contribution in [3.63, 3.8) is 0 Å². The summed E-state index contributed by atoms with van der Waals surface area (Å²) < 4.78 is 11.4. The fourth-order valence-electron chi connectivity index (χ4n) is 2.21. The number of nitrogens with two attached hydrogens (primary N) is 1. The van der Waals surface area contributed by atoms with E-state index in [1.54, 1.807) is 6.07 Å². The van der Waals surface area contributed by atoms with Crippen LogP contribution in [-0.2, 0) is 4.74 Å². The Labute approximate surface area is 106 Å². The van der Waals surface area contributed by atoms with Crippen molar-refractivity contribution in [1.29, 1.82) is 0 Å². The minimum Gasteiger partial charge on any atom is -0.489 e. The number of fused-ring (bicyclic) bond motifs is 1. The van der Waals surface area contributed by atoms with Crippen molar-refractivity contribution in [2.75, 3.05) is 18.9 Å². The molecule has 4 heteroatoms. The number of pyridine rings is 1. The number of para-hydroxylation sites is 1. The highest BCUT2D eigenvalue weighted by Crippen LogP contribution is 2.25. The van der Waals surface area contributed by atoms with E-state index < -0.39 is 0 Å². The third-order valence-electron chi connectivity index (χ3n) is 3.15. The Morgan fingerprint density at radius 2 is 2.28 bits per heavy atom. The number of nitrogens with zero attached hydrogens (tertiary/aromatic N) is 1. The van der Waals surface area contributed by atoms with Crippen molar-refractivity contribution in [2.45, 2.75) is 18.9 Å². The van der Waals surface area contributed by atoms with Gasteiger partial charge in [0.2, 0.25) is 0 Å². The quantitative estimate of drug-likeness (QED) is 0.900. The molecule has 1 aromatic heterocycles. The predicted molar refractivity (Wildman–Crippen MR) is 70.6 cm³/mol. The van der Waals surface area contributed by atoms with Crippen LogP contribution in [0, 0.1) is 0 Å². The number of hydrogen-bond acceptors (Lipinski definition) is 4. The molecule has 0 aliphatic carbocycles. The first-order valence-electron chi connectivity index (χ1n) is 6.22. The van der Waals surface area contributed by atoms with Gasteiger partial charge >= 0.3 is 0 Å². The Morgan fingerprint density at radius 1 is 1.33 bits per heavy atom. The fraction of sp³-hybridized carbons (Fsp3) is 0.357. The summed E-state index contributed by atoms with van der Waals surface area (Å²) in [5.41, 5.74) is 6.53. The standard InChI is InChI=1S/C14H16N2O2/c15-13-7-6-10-3-1-5-12(14(10)16-13)18-9-11-4-2-8-17-11/h1,3,5-7,11H,2,4,8-9H2,(H2,15,16). The zero-order chi connectivity index (χ0) is 12.4. The van der Waals surface area contributed by atoms with Crippen LogP contribution in [0.3, 0.4) is 0 Å². The van der Waals surface area contributed by atoms with Crippen molar-refractivity contribution < 1.29 is 9.47 Å². The highest BCUT2D eigenvalue weighted by Gasteiger charge is 2.16. The second kappa shape index (κ2) is 4.82. The lowest BCUT2D eigenvalue weighted by Gasteiger charge is -2.12. The van der Waals surface area contributed by atoms with Gasteiger partial charge in [-0.1, -0.05) is 12.1 Å². The van der Waals surface area contributed by atoms with E-state index in [4.69, 9.17) is 15.2 Å². The Kier molecular flexibility index (Phi) is 3.02. The molecule has 1 unspecified atom stereocenters. The molecule has 2 N–H and O–H groups in total. The molecule has 1 aliphatic rings. The van der Waals surface area contributed by atoms with E-state index in [1.165, 1.54) is 0 Å². The van der Waals surface area contributed by atoms with Gasteiger partial charge in [0.1, 0.15) is 23.7 Å². The van der Waals surface area contributed by atoms with E-state index in [1.807, 2.05) is 24.3 Å². The van der Waals surface area contributed by atoms with Crippen LogP contribution >= 0.6 is 0 Å². The minimum atomic E-state index is 0.210. The summed E-state index contributed by atoms with van der Waals surface area (Å²) in [4.78, 5) is 4.33. The summed E-state index contributed by atoms with van der Waals surface area (Å²) >= 11 is 0. The van der Waals surface area contributed by atoms with Crippen molar-refractivity contribution in [2.24, 2.45) is 0 Å². The number of hydrogen-bond donors (Lipinski definition) is 1. The molecule has 0 radical (unpaired) electrons. The van der Waals surface area contributed by atoms with Gasteiger partial charge in [0, 0.05) is 12.0 Å². The van der Waals surface area contributed by atoms with E-state index in [9.17, 15) is 0 Å². The Morgan fingerprint density at radius 3 is 3.11 bits per heavy atom. The molecule has 2 heterocycles. The summed E-state index contributed by atoms with van der Waals surface area (Å²) in [5.74, 6) is 1.28. The molecule has 1 aliphatic heterocycles. The molecule has 1 aromatic carbocycles. The molecule has 4 nitrogen and oxygen atoms in total. The molecule has 3 rings (SSSR count). The van der Waals surface area contributed by atoms with Gasteiger partial charge in [-0.3, -0.25) is 0 Å². The van der Waals surface area contributed by atoms with E-state index in [-0.39, 0.29) is 6.10 Å².